The third kappa shape index (κ3) is 4.95. The van der Waals surface area contributed by atoms with Crippen molar-refractivity contribution in [3.05, 3.63) is 59.8 Å². The Morgan fingerprint density at radius 1 is 1.26 bits per heavy atom. The van der Waals surface area contributed by atoms with E-state index in [1.54, 1.807) is 6.92 Å². The third-order valence-electron chi connectivity index (χ3n) is 4.54. The lowest BCUT2D eigenvalue weighted by Gasteiger charge is -2.37. The SMILES string of the molecule is CCC(O)C1(F)C(NCCNC(=O)Cc2ccccc2)=CC=CC1C(=O)O. The summed E-state index contributed by atoms with van der Waals surface area (Å²) in [6.45, 7) is 2.03. The molecule has 0 radical (unpaired) electrons. The molecule has 0 heterocycles. The van der Waals surface area contributed by atoms with Gasteiger partial charge in [-0.3, -0.25) is 9.59 Å². The number of allylic oxidation sites excluding steroid dienone is 2. The summed E-state index contributed by atoms with van der Waals surface area (Å²) >= 11 is 0. The molecule has 0 aliphatic heterocycles. The third-order valence-corrected chi connectivity index (χ3v) is 4.54. The first-order valence-electron chi connectivity index (χ1n) is 8.92. The van der Waals surface area contributed by atoms with Gasteiger partial charge in [0.2, 0.25) is 5.91 Å². The van der Waals surface area contributed by atoms with Crippen molar-refractivity contribution in [2.24, 2.45) is 5.92 Å². The predicted octanol–water partition coefficient (Wildman–Crippen LogP) is 1.57. The molecule has 0 fully saturated rings. The second-order valence-corrected chi connectivity index (χ2v) is 6.41. The standard InChI is InChI=1S/C20H25FN2O4/c1-2-17(24)20(21)15(19(26)27)9-6-10-16(20)22-11-12-23-18(25)13-14-7-4-3-5-8-14/h3-10,15,17,22,24H,2,11-13H2,1H3,(H,23,25)(H,26,27). The Labute approximate surface area is 157 Å². The quantitative estimate of drug-likeness (QED) is 0.491. The lowest BCUT2D eigenvalue weighted by Crippen LogP contribution is -2.53. The maximum absolute atomic E-state index is 15.5. The summed E-state index contributed by atoms with van der Waals surface area (Å²) in [7, 11) is 0. The molecule has 146 valence electrons. The predicted molar refractivity (Wildman–Crippen MR) is 99.6 cm³/mol. The molecule has 0 spiro atoms. The molecule has 27 heavy (non-hydrogen) atoms. The minimum Gasteiger partial charge on any atom is -0.481 e. The molecule has 1 aliphatic carbocycles. The fraction of sp³-hybridized carbons (Fsp3) is 0.400. The number of benzene rings is 1. The molecule has 7 heteroatoms. The van der Waals surface area contributed by atoms with Crippen LogP contribution < -0.4 is 10.6 Å². The summed E-state index contributed by atoms with van der Waals surface area (Å²) < 4.78 is 15.5. The lowest BCUT2D eigenvalue weighted by molar-refractivity contribution is -0.148. The van der Waals surface area contributed by atoms with Crippen LogP contribution in [0.15, 0.2) is 54.3 Å². The molecular formula is C20H25FN2O4. The van der Waals surface area contributed by atoms with Gasteiger partial charge in [0.15, 0.2) is 5.67 Å². The van der Waals surface area contributed by atoms with E-state index in [1.165, 1.54) is 18.2 Å². The zero-order valence-corrected chi connectivity index (χ0v) is 15.2. The molecule has 0 saturated heterocycles. The lowest BCUT2D eigenvalue weighted by atomic mass is 9.77. The number of aliphatic carboxylic acids is 1. The van der Waals surface area contributed by atoms with Gasteiger partial charge >= 0.3 is 5.97 Å². The fourth-order valence-corrected chi connectivity index (χ4v) is 3.08. The molecule has 0 bridgehead atoms. The van der Waals surface area contributed by atoms with Crippen molar-refractivity contribution in [2.45, 2.75) is 31.5 Å². The van der Waals surface area contributed by atoms with Crippen molar-refractivity contribution in [1.82, 2.24) is 10.6 Å². The largest absolute Gasteiger partial charge is 0.481 e. The molecule has 0 saturated carbocycles. The highest BCUT2D eigenvalue weighted by molar-refractivity contribution is 5.78. The summed E-state index contributed by atoms with van der Waals surface area (Å²) in [5, 5.41) is 25.0. The van der Waals surface area contributed by atoms with Crippen molar-refractivity contribution in [1.29, 1.82) is 0 Å². The minimum absolute atomic E-state index is 0.00376. The first-order valence-corrected chi connectivity index (χ1v) is 8.92. The summed E-state index contributed by atoms with van der Waals surface area (Å²) in [4.78, 5) is 23.3. The minimum atomic E-state index is -2.44. The number of carboxylic acids is 1. The van der Waals surface area contributed by atoms with Crippen molar-refractivity contribution in [3.8, 4) is 0 Å². The molecule has 1 aromatic rings. The smallest absolute Gasteiger partial charge is 0.314 e. The van der Waals surface area contributed by atoms with Crippen LogP contribution in [-0.2, 0) is 16.0 Å². The van der Waals surface area contributed by atoms with Crippen molar-refractivity contribution >= 4 is 11.9 Å². The Kier molecular flexibility index (Phi) is 7.12. The average molecular weight is 376 g/mol. The molecule has 0 aromatic heterocycles. The highest BCUT2D eigenvalue weighted by Crippen LogP contribution is 2.38. The maximum atomic E-state index is 15.5. The Hall–Kier alpha value is -2.67. The number of amides is 1. The van der Waals surface area contributed by atoms with Gasteiger partial charge in [0, 0.05) is 13.1 Å². The first-order chi connectivity index (χ1) is 12.9. The van der Waals surface area contributed by atoms with Crippen LogP contribution in [-0.4, -0.2) is 47.0 Å². The van der Waals surface area contributed by atoms with E-state index in [0.717, 1.165) is 5.56 Å². The van der Waals surface area contributed by atoms with Crippen LogP contribution in [0.4, 0.5) is 4.39 Å². The molecule has 6 nitrogen and oxygen atoms in total. The topological polar surface area (TPSA) is 98.7 Å². The van der Waals surface area contributed by atoms with Crippen LogP contribution in [0.2, 0.25) is 0 Å². The molecular weight excluding hydrogens is 351 g/mol. The van der Waals surface area contributed by atoms with E-state index in [4.69, 9.17) is 0 Å². The number of hydrogen-bond acceptors (Lipinski definition) is 4. The summed E-state index contributed by atoms with van der Waals surface area (Å²) in [5.41, 5.74) is -1.55. The van der Waals surface area contributed by atoms with Crippen LogP contribution in [0.3, 0.4) is 0 Å². The van der Waals surface area contributed by atoms with Crippen LogP contribution in [0, 0.1) is 5.92 Å². The molecule has 1 aliphatic rings. The van der Waals surface area contributed by atoms with Crippen LogP contribution in [0.25, 0.3) is 0 Å². The van der Waals surface area contributed by atoms with Gasteiger partial charge in [0.1, 0.15) is 5.92 Å². The van der Waals surface area contributed by atoms with E-state index < -0.39 is 23.7 Å². The average Bonchev–Trinajstić information content (AvgIpc) is 2.66. The summed E-state index contributed by atoms with van der Waals surface area (Å²) in [5.74, 6) is -2.98. The number of aliphatic hydroxyl groups is 1. The summed E-state index contributed by atoms with van der Waals surface area (Å²) in [6.07, 6.45) is 2.96. The number of halogens is 1. The van der Waals surface area contributed by atoms with E-state index in [9.17, 15) is 19.8 Å². The molecule has 1 aromatic carbocycles. The van der Waals surface area contributed by atoms with Crippen molar-refractivity contribution < 1.29 is 24.2 Å². The molecule has 2 rings (SSSR count). The van der Waals surface area contributed by atoms with Gasteiger partial charge in [-0.1, -0.05) is 49.4 Å². The number of carbonyl (C=O) groups is 2. The number of alkyl halides is 1. The fourth-order valence-electron chi connectivity index (χ4n) is 3.08. The summed E-state index contributed by atoms with van der Waals surface area (Å²) in [6, 6.07) is 9.28. The number of carboxylic acid groups (broad SMARTS) is 1. The Morgan fingerprint density at radius 3 is 2.59 bits per heavy atom. The van der Waals surface area contributed by atoms with E-state index >= 15 is 4.39 Å². The second-order valence-electron chi connectivity index (χ2n) is 6.41. The highest BCUT2D eigenvalue weighted by atomic mass is 19.1. The van der Waals surface area contributed by atoms with E-state index in [1.807, 2.05) is 30.3 Å². The number of rotatable bonds is 9. The number of nitrogens with one attached hydrogen (secondary N) is 2. The molecule has 3 unspecified atom stereocenters. The number of hydrogen-bond donors (Lipinski definition) is 4. The van der Waals surface area contributed by atoms with Crippen LogP contribution in [0.1, 0.15) is 18.9 Å². The van der Waals surface area contributed by atoms with Gasteiger partial charge < -0.3 is 20.8 Å². The van der Waals surface area contributed by atoms with Crippen LogP contribution >= 0.6 is 0 Å². The van der Waals surface area contributed by atoms with E-state index in [-0.39, 0.29) is 37.5 Å². The molecule has 4 N–H and O–H groups in total. The maximum Gasteiger partial charge on any atom is 0.314 e. The second kappa shape index (κ2) is 9.32. The highest BCUT2D eigenvalue weighted by Gasteiger charge is 2.51. The molecule has 1 amide bonds. The van der Waals surface area contributed by atoms with Crippen LogP contribution in [0.5, 0.6) is 0 Å². The van der Waals surface area contributed by atoms with E-state index in [0.29, 0.717) is 0 Å². The Morgan fingerprint density at radius 2 is 1.96 bits per heavy atom. The number of carbonyl (C=O) groups excluding carboxylic acids is 1. The van der Waals surface area contributed by atoms with Gasteiger partial charge in [0.25, 0.3) is 0 Å². The van der Waals surface area contributed by atoms with Gasteiger partial charge in [0.05, 0.1) is 18.2 Å². The zero-order chi connectivity index (χ0) is 19.9. The normalized spacial score (nSPS) is 22.6. The van der Waals surface area contributed by atoms with E-state index in [2.05, 4.69) is 10.6 Å². The van der Waals surface area contributed by atoms with Crippen molar-refractivity contribution in [2.75, 3.05) is 13.1 Å². The monoisotopic (exact) mass is 376 g/mol. The van der Waals surface area contributed by atoms with Gasteiger partial charge in [-0.2, -0.15) is 0 Å². The first kappa shape index (κ1) is 20.6. The Bertz CT molecular complexity index is 720. The Balaban J connectivity index is 1.91. The zero-order valence-electron chi connectivity index (χ0n) is 15.2. The van der Waals surface area contributed by atoms with Gasteiger partial charge in [-0.05, 0) is 18.1 Å². The number of aliphatic hydroxyl groups excluding tert-OH is 1. The van der Waals surface area contributed by atoms with Gasteiger partial charge in [-0.25, -0.2) is 4.39 Å². The molecule has 3 atom stereocenters. The van der Waals surface area contributed by atoms with Crippen molar-refractivity contribution in [3.63, 3.8) is 0 Å². The van der Waals surface area contributed by atoms with Gasteiger partial charge in [-0.15, -0.1) is 0 Å².